The van der Waals surface area contributed by atoms with Crippen LogP contribution in [0.4, 0.5) is 0 Å². The highest BCUT2D eigenvalue weighted by molar-refractivity contribution is 7.89. The molecule has 0 spiro atoms. The van der Waals surface area contributed by atoms with E-state index in [-0.39, 0.29) is 16.8 Å². The molecule has 0 saturated carbocycles. The molecule has 2 aromatic carbocycles. The van der Waals surface area contributed by atoms with E-state index >= 15 is 0 Å². The van der Waals surface area contributed by atoms with Gasteiger partial charge in [-0.25, -0.2) is 13.6 Å². The summed E-state index contributed by atoms with van der Waals surface area (Å²) in [6.45, 7) is 5.95. The van der Waals surface area contributed by atoms with Crippen LogP contribution in [0.3, 0.4) is 0 Å². The second kappa shape index (κ2) is 8.93. The van der Waals surface area contributed by atoms with E-state index < -0.39 is 10.0 Å². The number of carbonyl (C=O) groups is 1. The van der Waals surface area contributed by atoms with Crippen molar-refractivity contribution >= 4 is 15.9 Å². The van der Waals surface area contributed by atoms with Gasteiger partial charge in [-0.05, 0) is 31.5 Å². The number of hydrogen-bond donors (Lipinski definition) is 3. The van der Waals surface area contributed by atoms with Gasteiger partial charge in [-0.15, -0.1) is 0 Å². The Morgan fingerprint density at radius 3 is 2.27 bits per heavy atom. The van der Waals surface area contributed by atoms with E-state index in [9.17, 15) is 13.2 Å². The fourth-order valence-electron chi connectivity index (χ4n) is 2.75. The summed E-state index contributed by atoms with van der Waals surface area (Å²) >= 11 is 0. The Kier molecular flexibility index (Phi) is 6.90. The predicted octanol–water partition coefficient (Wildman–Crippen LogP) is 0.616. The van der Waals surface area contributed by atoms with Crippen molar-refractivity contribution in [2.24, 2.45) is 5.14 Å². The zero-order valence-electron chi connectivity index (χ0n) is 15.1. The number of primary sulfonamides is 1. The van der Waals surface area contributed by atoms with Gasteiger partial charge in [0.25, 0.3) is 5.91 Å². The maximum absolute atomic E-state index is 12.4. The Hall–Kier alpha value is -2.22. The molecule has 7 heteroatoms. The molecule has 0 saturated heterocycles. The Morgan fingerprint density at radius 1 is 1.12 bits per heavy atom. The van der Waals surface area contributed by atoms with Crippen LogP contribution in [0.1, 0.15) is 31.0 Å². The Balaban J connectivity index is 1.93. The number of hydrogen-bond acceptors (Lipinski definition) is 3. The number of nitrogens with one attached hydrogen (secondary N) is 2. The highest BCUT2D eigenvalue weighted by atomic mass is 32.2. The molecule has 0 aliphatic heterocycles. The molecule has 0 aliphatic rings. The number of likely N-dealkylation sites (N-methyl/N-ethyl adjacent to an activating group) is 1. The molecule has 2 rings (SSSR count). The van der Waals surface area contributed by atoms with Crippen molar-refractivity contribution in [2.45, 2.75) is 31.3 Å². The summed E-state index contributed by atoms with van der Waals surface area (Å²) in [6.07, 6.45) is 0. The second-order valence-electron chi connectivity index (χ2n) is 6.35. The normalized spacial score (nSPS) is 13.8. The van der Waals surface area contributed by atoms with Crippen molar-refractivity contribution in [3.05, 3.63) is 65.7 Å². The minimum Gasteiger partial charge on any atom is -0.345 e. The van der Waals surface area contributed by atoms with Crippen molar-refractivity contribution < 1.29 is 18.1 Å². The summed E-state index contributed by atoms with van der Waals surface area (Å²) in [7, 11) is -3.71. The van der Waals surface area contributed by atoms with E-state index in [1.807, 2.05) is 25.1 Å². The van der Waals surface area contributed by atoms with E-state index in [2.05, 4.69) is 24.4 Å². The molecule has 1 unspecified atom stereocenters. The van der Waals surface area contributed by atoms with Gasteiger partial charge in [-0.3, -0.25) is 4.79 Å². The van der Waals surface area contributed by atoms with Crippen molar-refractivity contribution in [2.75, 3.05) is 13.1 Å². The molecular weight excluding hydrogens is 350 g/mol. The Bertz CT molecular complexity index is 821. The average Bonchev–Trinajstić information content (AvgIpc) is 2.61. The van der Waals surface area contributed by atoms with Crippen LogP contribution in [0.15, 0.2) is 59.5 Å². The summed E-state index contributed by atoms with van der Waals surface area (Å²) in [4.78, 5) is 13.6. The number of nitrogens with two attached hydrogens (primary N) is 1. The van der Waals surface area contributed by atoms with Crippen molar-refractivity contribution in [3.8, 4) is 0 Å². The molecular formula is C19H26N3O3S+. The van der Waals surface area contributed by atoms with Crippen LogP contribution >= 0.6 is 0 Å². The smallest absolute Gasteiger partial charge is 0.275 e. The van der Waals surface area contributed by atoms with Crippen LogP contribution in [0, 0.1) is 0 Å². The lowest BCUT2D eigenvalue weighted by molar-refractivity contribution is -0.904. The minimum absolute atomic E-state index is 0.0409. The number of amides is 1. The highest BCUT2D eigenvalue weighted by Gasteiger charge is 2.16. The standard InChI is InChI=1S/C19H25N3O3S/c1-3-22(13-16-7-5-4-6-8-16)14-19(23)21-15(2)17-9-11-18(12-10-17)26(20,24)25/h4-12,15H,3,13-14H2,1-2H3,(H,21,23)(H2,20,24,25)/p+1/t15-/m0/s1. The van der Waals surface area contributed by atoms with Crippen molar-refractivity contribution in [1.82, 2.24) is 5.32 Å². The van der Waals surface area contributed by atoms with Crippen LogP contribution < -0.4 is 15.4 Å². The summed E-state index contributed by atoms with van der Waals surface area (Å²) in [5, 5.41) is 8.06. The first-order chi connectivity index (χ1) is 12.3. The third-order valence-corrected chi connectivity index (χ3v) is 5.22. The number of rotatable bonds is 8. The van der Waals surface area contributed by atoms with Gasteiger partial charge in [0.15, 0.2) is 6.54 Å². The lowest BCUT2D eigenvalue weighted by atomic mass is 10.1. The topological polar surface area (TPSA) is 93.7 Å². The van der Waals surface area contributed by atoms with Crippen LogP contribution in [0.2, 0.25) is 0 Å². The first-order valence-corrected chi connectivity index (χ1v) is 10.1. The quantitative estimate of drug-likeness (QED) is 0.630. The molecule has 0 aliphatic carbocycles. The largest absolute Gasteiger partial charge is 0.345 e. The average molecular weight is 377 g/mol. The van der Waals surface area contributed by atoms with Crippen molar-refractivity contribution in [1.29, 1.82) is 0 Å². The zero-order valence-corrected chi connectivity index (χ0v) is 15.9. The number of benzene rings is 2. The summed E-state index contributed by atoms with van der Waals surface area (Å²) in [5.41, 5.74) is 2.02. The lowest BCUT2D eigenvalue weighted by Gasteiger charge is -2.20. The van der Waals surface area contributed by atoms with E-state index in [4.69, 9.17) is 5.14 Å². The molecule has 0 bridgehead atoms. The van der Waals surface area contributed by atoms with Gasteiger partial charge >= 0.3 is 0 Å². The molecule has 2 atom stereocenters. The van der Waals surface area contributed by atoms with Gasteiger partial charge < -0.3 is 10.2 Å². The SMILES string of the molecule is CC[NH+](CC(=O)N[C@@H](C)c1ccc(S(N)(=O)=O)cc1)Cc1ccccc1. The first-order valence-electron chi connectivity index (χ1n) is 8.59. The Labute approximate surface area is 155 Å². The molecule has 6 nitrogen and oxygen atoms in total. The molecule has 2 aromatic rings. The van der Waals surface area contributed by atoms with E-state index in [1.165, 1.54) is 22.6 Å². The Morgan fingerprint density at radius 2 is 1.73 bits per heavy atom. The number of carbonyl (C=O) groups excluding carboxylic acids is 1. The van der Waals surface area contributed by atoms with Gasteiger partial charge in [0.2, 0.25) is 10.0 Å². The number of quaternary nitrogens is 1. The van der Waals surface area contributed by atoms with Crippen LogP contribution in [0.5, 0.6) is 0 Å². The molecule has 0 fully saturated rings. The molecule has 140 valence electrons. The van der Waals surface area contributed by atoms with Crippen LogP contribution in [0.25, 0.3) is 0 Å². The minimum atomic E-state index is -3.71. The van der Waals surface area contributed by atoms with Crippen molar-refractivity contribution in [3.63, 3.8) is 0 Å². The third-order valence-electron chi connectivity index (χ3n) is 4.29. The fourth-order valence-corrected chi connectivity index (χ4v) is 3.26. The molecule has 4 N–H and O–H groups in total. The molecule has 0 aromatic heterocycles. The lowest BCUT2D eigenvalue weighted by Crippen LogP contribution is -3.11. The highest BCUT2D eigenvalue weighted by Crippen LogP contribution is 2.15. The van der Waals surface area contributed by atoms with Gasteiger partial charge in [-0.1, -0.05) is 42.5 Å². The maximum atomic E-state index is 12.4. The fraction of sp³-hybridized carbons (Fsp3) is 0.316. The van der Waals surface area contributed by atoms with Gasteiger partial charge in [0.1, 0.15) is 6.54 Å². The summed E-state index contributed by atoms with van der Waals surface area (Å²) in [6, 6.07) is 16.1. The van der Waals surface area contributed by atoms with E-state index in [1.54, 1.807) is 12.1 Å². The summed E-state index contributed by atoms with van der Waals surface area (Å²) < 4.78 is 22.6. The predicted molar refractivity (Wildman–Crippen MR) is 101 cm³/mol. The first kappa shape index (κ1) is 20.1. The van der Waals surface area contributed by atoms with E-state index in [0.29, 0.717) is 6.54 Å². The molecule has 26 heavy (non-hydrogen) atoms. The van der Waals surface area contributed by atoms with Crippen LogP contribution in [-0.2, 0) is 21.4 Å². The van der Waals surface area contributed by atoms with Gasteiger partial charge in [-0.2, -0.15) is 0 Å². The van der Waals surface area contributed by atoms with Crippen LogP contribution in [-0.4, -0.2) is 27.4 Å². The second-order valence-corrected chi connectivity index (χ2v) is 7.91. The number of sulfonamides is 1. The van der Waals surface area contributed by atoms with Gasteiger partial charge in [0, 0.05) is 5.56 Å². The summed E-state index contributed by atoms with van der Waals surface area (Å²) in [5.74, 6) is -0.0409. The maximum Gasteiger partial charge on any atom is 0.275 e. The van der Waals surface area contributed by atoms with E-state index in [0.717, 1.165) is 18.7 Å². The van der Waals surface area contributed by atoms with Gasteiger partial charge in [0.05, 0.1) is 17.5 Å². The zero-order chi connectivity index (χ0) is 19.2. The monoisotopic (exact) mass is 376 g/mol. The molecule has 0 radical (unpaired) electrons. The molecule has 0 heterocycles. The third kappa shape index (κ3) is 5.94. The molecule has 1 amide bonds.